The second-order valence-electron chi connectivity index (χ2n) is 6.39. The minimum atomic E-state index is -0.390. The van der Waals surface area contributed by atoms with Crippen LogP contribution in [0.4, 0.5) is 0 Å². The lowest BCUT2D eigenvalue weighted by Gasteiger charge is -2.13. The Labute approximate surface area is 154 Å². The van der Waals surface area contributed by atoms with Crippen molar-refractivity contribution in [3.8, 4) is 17.2 Å². The Balaban J connectivity index is 2.42. The molecule has 0 radical (unpaired) electrons. The quantitative estimate of drug-likeness (QED) is 0.364. The number of rotatable bonds is 6. The SMILES string of the molecule is Bc1ccc(/C=C/C(=O)c2c(OC)cc(O)c(CC=C(C)C)c2O)cc1. The molecule has 2 aromatic rings. The van der Waals surface area contributed by atoms with Crippen molar-refractivity contribution in [3.63, 3.8) is 0 Å². The average Bonchev–Trinajstić information content (AvgIpc) is 2.60. The van der Waals surface area contributed by atoms with E-state index in [2.05, 4.69) is 0 Å². The molecule has 0 aromatic heterocycles. The van der Waals surface area contributed by atoms with Crippen molar-refractivity contribution >= 4 is 25.2 Å². The summed E-state index contributed by atoms with van der Waals surface area (Å²) in [5.74, 6) is -0.605. The first-order valence-electron chi connectivity index (χ1n) is 8.37. The molecule has 0 atom stereocenters. The van der Waals surface area contributed by atoms with E-state index >= 15 is 0 Å². The predicted octanol–water partition coefficient (Wildman–Crippen LogP) is 2.77. The van der Waals surface area contributed by atoms with E-state index in [9.17, 15) is 15.0 Å². The van der Waals surface area contributed by atoms with Crippen LogP contribution in [-0.2, 0) is 6.42 Å². The monoisotopic (exact) mass is 350 g/mol. The van der Waals surface area contributed by atoms with Gasteiger partial charge in [-0.25, -0.2) is 0 Å². The Hall–Kier alpha value is -2.95. The molecule has 0 spiro atoms. The average molecular weight is 350 g/mol. The number of aromatic hydroxyl groups is 2. The normalized spacial score (nSPS) is 10.7. The van der Waals surface area contributed by atoms with Crippen molar-refractivity contribution in [2.24, 2.45) is 0 Å². The van der Waals surface area contributed by atoms with Crippen molar-refractivity contribution in [1.82, 2.24) is 0 Å². The van der Waals surface area contributed by atoms with Crippen LogP contribution in [0.2, 0.25) is 0 Å². The molecule has 0 heterocycles. The van der Waals surface area contributed by atoms with Gasteiger partial charge in [-0.15, -0.1) is 0 Å². The van der Waals surface area contributed by atoms with Gasteiger partial charge in [-0.2, -0.15) is 0 Å². The number of hydrogen-bond donors (Lipinski definition) is 2. The number of phenols is 2. The number of carbonyl (C=O) groups is 1. The molecule has 0 aliphatic carbocycles. The van der Waals surface area contributed by atoms with Crippen molar-refractivity contribution in [1.29, 1.82) is 0 Å². The second-order valence-corrected chi connectivity index (χ2v) is 6.39. The van der Waals surface area contributed by atoms with Gasteiger partial charge in [0.2, 0.25) is 0 Å². The molecule has 0 aliphatic heterocycles. The van der Waals surface area contributed by atoms with Gasteiger partial charge in [0, 0.05) is 11.6 Å². The number of benzene rings is 2. The molecule has 0 unspecified atom stereocenters. The van der Waals surface area contributed by atoms with Crippen LogP contribution in [-0.4, -0.2) is 31.0 Å². The number of allylic oxidation sites excluding steroid dienone is 3. The molecule has 4 nitrogen and oxygen atoms in total. The van der Waals surface area contributed by atoms with Crippen molar-refractivity contribution in [2.45, 2.75) is 20.3 Å². The summed E-state index contributed by atoms with van der Waals surface area (Å²) in [6.45, 7) is 3.85. The molecule has 5 heteroatoms. The molecule has 2 N–H and O–H groups in total. The third-order valence-electron chi connectivity index (χ3n) is 4.03. The van der Waals surface area contributed by atoms with E-state index in [1.165, 1.54) is 19.3 Å². The van der Waals surface area contributed by atoms with Crippen LogP contribution in [0.5, 0.6) is 17.2 Å². The van der Waals surface area contributed by atoms with Gasteiger partial charge in [-0.1, -0.05) is 47.5 Å². The molecule has 134 valence electrons. The predicted molar refractivity (Wildman–Crippen MR) is 107 cm³/mol. The number of ketones is 1. The highest BCUT2D eigenvalue weighted by Gasteiger charge is 2.21. The highest BCUT2D eigenvalue weighted by Crippen LogP contribution is 2.39. The molecule has 0 saturated heterocycles. The first-order chi connectivity index (χ1) is 12.3. The molecule has 2 aromatic carbocycles. The van der Waals surface area contributed by atoms with Gasteiger partial charge in [0.25, 0.3) is 0 Å². The topological polar surface area (TPSA) is 66.8 Å². The van der Waals surface area contributed by atoms with E-state index < -0.39 is 5.78 Å². The highest BCUT2D eigenvalue weighted by atomic mass is 16.5. The molecular formula is C21H23BO4. The minimum absolute atomic E-state index is 0.0471. The lowest BCUT2D eigenvalue weighted by Crippen LogP contribution is -2.03. The van der Waals surface area contributed by atoms with Gasteiger partial charge in [0.1, 0.15) is 30.7 Å². The van der Waals surface area contributed by atoms with Crippen LogP contribution in [0, 0.1) is 0 Å². The third-order valence-corrected chi connectivity index (χ3v) is 4.03. The summed E-state index contributed by atoms with van der Waals surface area (Å²) >= 11 is 0. The molecule has 0 aliphatic rings. The van der Waals surface area contributed by atoms with E-state index in [1.54, 1.807) is 6.08 Å². The van der Waals surface area contributed by atoms with Crippen LogP contribution < -0.4 is 10.2 Å². The number of phenolic OH excluding ortho intramolecular Hbond substituents is 2. The van der Waals surface area contributed by atoms with Crippen LogP contribution in [0.25, 0.3) is 6.08 Å². The standard InChI is InChI=1S/C21H23BO4/c1-13(2)4-10-16-18(24)12-19(26-3)20(21(16)25)17(23)11-7-14-5-8-15(22)9-6-14/h4-9,11-12,24-25H,10,22H2,1-3H3/b11-7+. The summed E-state index contributed by atoms with van der Waals surface area (Å²) in [6, 6.07) is 9.10. The largest absolute Gasteiger partial charge is 0.507 e. The van der Waals surface area contributed by atoms with Crippen molar-refractivity contribution in [2.75, 3.05) is 7.11 Å². The van der Waals surface area contributed by atoms with E-state index in [0.29, 0.717) is 12.0 Å². The fourth-order valence-electron chi connectivity index (χ4n) is 2.51. The van der Waals surface area contributed by atoms with Crippen molar-refractivity contribution in [3.05, 3.63) is 64.7 Å². The van der Waals surface area contributed by atoms with Crippen molar-refractivity contribution < 1.29 is 19.7 Å². The molecule has 0 amide bonds. The van der Waals surface area contributed by atoms with Gasteiger partial charge in [-0.05, 0) is 31.9 Å². The summed E-state index contributed by atoms with van der Waals surface area (Å²) in [7, 11) is 3.39. The number of hydrogen-bond acceptors (Lipinski definition) is 4. The molecule has 0 fully saturated rings. The summed E-state index contributed by atoms with van der Waals surface area (Å²) < 4.78 is 5.19. The van der Waals surface area contributed by atoms with Crippen LogP contribution >= 0.6 is 0 Å². The van der Waals surface area contributed by atoms with Gasteiger partial charge in [0.15, 0.2) is 5.78 Å². The maximum atomic E-state index is 12.7. The number of carbonyl (C=O) groups excluding carboxylic acids is 1. The number of ether oxygens (including phenoxy) is 1. The lowest BCUT2D eigenvalue weighted by atomic mass is 9.95. The first-order valence-corrected chi connectivity index (χ1v) is 8.37. The second kappa shape index (κ2) is 8.43. The zero-order valence-electron chi connectivity index (χ0n) is 15.5. The zero-order valence-corrected chi connectivity index (χ0v) is 15.5. The van der Waals surface area contributed by atoms with E-state index in [4.69, 9.17) is 4.74 Å². The summed E-state index contributed by atoms with van der Waals surface area (Å²) in [4.78, 5) is 12.7. The summed E-state index contributed by atoms with van der Waals surface area (Å²) in [5, 5.41) is 20.7. The zero-order chi connectivity index (χ0) is 19.3. The smallest absolute Gasteiger partial charge is 0.193 e. The van der Waals surface area contributed by atoms with Crippen LogP contribution in [0.1, 0.15) is 35.3 Å². The maximum Gasteiger partial charge on any atom is 0.193 e. The Morgan fingerprint density at radius 2 is 1.85 bits per heavy atom. The highest BCUT2D eigenvalue weighted by molar-refractivity contribution is 6.32. The molecule has 0 bridgehead atoms. The maximum absolute atomic E-state index is 12.7. The Bertz CT molecular complexity index is 861. The minimum Gasteiger partial charge on any atom is -0.507 e. The first kappa shape index (κ1) is 19.4. The Kier molecular flexibility index (Phi) is 6.28. The summed E-state index contributed by atoms with van der Waals surface area (Å²) in [6.07, 6.45) is 5.27. The molecule has 2 rings (SSSR count). The van der Waals surface area contributed by atoms with Crippen LogP contribution in [0.15, 0.2) is 48.1 Å². The fraction of sp³-hybridized carbons (Fsp3) is 0.190. The summed E-state index contributed by atoms with van der Waals surface area (Å²) in [5.41, 5.74) is 3.41. The Morgan fingerprint density at radius 3 is 2.42 bits per heavy atom. The Morgan fingerprint density at radius 1 is 1.19 bits per heavy atom. The van der Waals surface area contributed by atoms with Gasteiger partial charge in [-0.3, -0.25) is 4.79 Å². The van der Waals surface area contributed by atoms with E-state index in [0.717, 1.165) is 16.6 Å². The van der Waals surface area contributed by atoms with Gasteiger partial charge >= 0.3 is 0 Å². The van der Waals surface area contributed by atoms with Crippen LogP contribution in [0.3, 0.4) is 0 Å². The molecule has 26 heavy (non-hydrogen) atoms. The fourth-order valence-corrected chi connectivity index (χ4v) is 2.51. The van der Waals surface area contributed by atoms with Gasteiger partial charge < -0.3 is 14.9 Å². The molecular weight excluding hydrogens is 327 g/mol. The van der Waals surface area contributed by atoms with Gasteiger partial charge in [0.05, 0.1) is 7.11 Å². The van der Waals surface area contributed by atoms with E-state index in [-0.39, 0.29) is 22.8 Å². The third kappa shape index (κ3) is 4.57. The van der Waals surface area contributed by atoms with E-state index in [1.807, 2.05) is 52.0 Å². The lowest BCUT2D eigenvalue weighted by molar-refractivity contribution is 0.104. The number of methoxy groups -OCH3 is 1. The molecule has 0 saturated carbocycles.